The lowest BCUT2D eigenvalue weighted by Gasteiger charge is -2.55. The van der Waals surface area contributed by atoms with E-state index in [4.69, 9.17) is 14.5 Å². The van der Waals surface area contributed by atoms with E-state index in [0.29, 0.717) is 30.5 Å². The number of guanidine groups is 1. The van der Waals surface area contributed by atoms with Gasteiger partial charge in [0, 0.05) is 56.7 Å². The Balaban J connectivity index is 0.00000363. The minimum atomic E-state index is -0.455. The molecule has 1 amide bonds. The third kappa shape index (κ3) is 6.21. The van der Waals surface area contributed by atoms with Gasteiger partial charge in [-0.3, -0.25) is 4.99 Å². The number of likely N-dealkylation sites (tertiary alicyclic amines) is 1. The fourth-order valence-corrected chi connectivity index (χ4v) is 5.44. The molecule has 8 heteroatoms. The molecule has 3 aliphatic rings. The Kier molecular flexibility index (Phi) is 9.53. The zero-order valence-corrected chi connectivity index (χ0v) is 23.5. The first-order chi connectivity index (χ1) is 14.6. The molecule has 2 aliphatic heterocycles. The normalized spacial score (nSPS) is 27.8. The highest BCUT2D eigenvalue weighted by atomic mass is 127. The summed E-state index contributed by atoms with van der Waals surface area (Å²) >= 11 is 0. The Morgan fingerprint density at radius 3 is 2.44 bits per heavy atom. The molecule has 2 heterocycles. The number of piperidine rings is 1. The molecule has 7 nitrogen and oxygen atoms in total. The third-order valence-electron chi connectivity index (χ3n) is 7.12. The molecule has 3 fully saturated rings. The molecule has 3 rings (SSSR count). The van der Waals surface area contributed by atoms with Gasteiger partial charge < -0.3 is 24.6 Å². The SMILES string of the molecule is CCN=C(NC1C2CCOC2C1(C)C)N1CCC(CN(CC)C(=O)OC(C)(C)C)CC1.I. The number of nitrogens with zero attached hydrogens (tertiary/aromatic N) is 3. The zero-order valence-electron chi connectivity index (χ0n) is 21.1. The smallest absolute Gasteiger partial charge is 0.410 e. The van der Waals surface area contributed by atoms with Crippen LogP contribution in [0.4, 0.5) is 4.79 Å². The summed E-state index contributed by atoms with van der Waals surface area (Å²) in [6.07, 6.45) is 3.45. The third-order valence-corrected chi connectivity index (χ3v) is 7.12. The number of amides is 1. The van der Waals surface area contributed by atoms with Gasteiger partial charge in [0.2, 0.25) is 0 Å². The van der Waals surface area contributed by atoms with Crippen LogP contribution < -0.4 is 5.32 Å². The molecule has 3 atom stereocenters. The second-order valence-corrected chi connectivity index (χ2v) is 10.9. The van der Waals surface area contributed by atoms with Crippen molar-refractivity contribution in [2.45, 2.75) is 85.5 Å². The minimum Gasteiger partial charge on any atom is -0.444 e. The summed E-state index contributed by atoms with van der Waals surface area (Å²) in [5.74, 6) is 2.14. The number of hydrogen-bond acceptors (Lipinski definition) is 4. The lowest BCUT2D eigenvalue weighted by atomic mass is 9.57. The van der Waals surface area contributed by atoms with Crippen LogP contribution in [0.3, 0.4) is 0 Å². The van der Waals surface area contributed by atoms with Crippen LogP contribution >= 0.6 is 24.0 Å². The van der Waals surface area contributed by atoms with E-state index in [1.807, 2.05) is 32.6 Å². The van der Waals surface area contributed by atoms with Crippen molar-refractivity contribution in [2.24, 2.45) is 22.2 Å². The van der Waals surface area contributed by atoms with Gasteiger partial charge in [0.15, 0.2) is 5.96 Å². The van der Waals surface area contributed by atoms with Crippen LogP contribution in [0.1, 0.15) is 67.7 Å². The molecule has 1 saturated carbocycles. The first kappa shape index (κ1) is 27.5. The number of nitrogens with one attached hydrogen (secondary N) is 1. The Hall–Kier alpha value is -0.770. The van der Waals surface area contributed by atoms with Crippen LogP contribution in [0.5, 0.6) is 0 Å². The number of carbonyl (C=O) groups is 1. The van der Waals surface area contributed by atoms with E-state index in [0.717, 1.165) is 58.0 Å². The van der Waals surface area contributed by atoms with Gasteiger partial charge in [-0.25, -0.2) is 4.79 Å². The molecule has 0 aromatic rings. The molecule has 186 valence electrons. The van der Waals surface area contributed by atoms with Gasteiger partial charge in [-0.2, -0.15) is 0 Å². The number of carbonyl (C=O) groups excluding carboxylic acids is 1. The maximum absolute atomic E-state index is 12.5. The van der Waals surface area contributed by atoms with Crippen molar-refractivity contribution in [1.82, 2.24) is 15.1 Å². The number of rotatable bonds is 5. The van der Waals surface area contributed by atoms with Gasteiger partial charge in [-0.1, -0.05) is 13.8 Å². The van der Waals surface area contributed by atoms with Gasteiger partial charge in [0.25, 0.3) is 0 Å². The molecule has 0 aromatic carbocycles. The van der Waals surface area contributed by atoms with Crippen LogP contribution in [0.15, 0.2) is 4.99 Å². The maximum Gasteiger partial charge on any atom is 0.410 e. The number of fused-ring (bicyclic) bond motifs is 1. The van der Waals surface area contributed by atoms with E-state index in [2.05, 4.69) is 31.0 Å². The van der Waals surface area contributed by atoms with E-state index >= 15 is 0 Å². The number of hydrogen-bond donors (Lipinski definition) is 1. The van der Waals surface area contributed by atoms with E-state index in [1.165, 1.54) is 0 Å². The predicted molar refractivity (Wildman–Crippen MR) is 140 cm³/mol. The van der Waals surface area contributed by atoms with Crippen LogP contribution in [0, 0.1) is 17.3 Å². The summed E-state index contributed by atoms with van der Waals surface area (Å²) in [4.78, 5) is 21.6. The van der Waals surface area contributed by atoms with Crippen LogP contribution in [-0.4, -0.2) is 78.9 Å². The molecule has 2 saturated heterocycles. The van der Waals surface area contributed by atoms with Crippen molar-refractivity contribution in [2.75, 3.05) is 39.3 Å². The summed E-state index contributed by atoms with van der Waals surface area (Å²) in [7, 11) is 0. The maximum atomic E-state index is 12.5. The van der Waals surface area contributed by atoms with E-state index in [1.54, 1.807) is 0 Å². The highest BCUT2D eigenvalue weighted by Crippen LogP contribution is 2.52. The molecule has 0 radical (unpaired) electrons. The molecule has 1 N–H and O–H groups in total. The number of halogens is 1. The second kappa shape index (κ2) is 11.1. The lowest BCUT2D eigenvalue weighted by molar-refractivity contribution is -0.107. The summed E-state index contributed by atoms with van der Waals surface area (Å²) in [6, 6.07) is 0.422. The summed E-state index contributed by atoms with van der Waals surface area (Å²) in [5, 5.41) is 3.81. The standard InChI is InChI=1S/C24H44N4O3.HI/c1-8-25-21(26-19-18-12-15-30-20(18)24(19,6)7)28-13-10-17(11-14-28)16-27(9-2)22(29)31-23(3,4)5;/h17-20H,8-16H2,1-7H3,(H,25,26);1H. The molecule has 0 aromatic heterocycles. The predicted octanol–water partition coefficient (Wildman–Crippen LogP) is 4.35. The minimum absolute atomic E-state index is 0. The number of ether oxygens (including phenoxy) is 2. The van der Waals surface area contributed by atoms with Crippen LogP contribution in [-0.2, 0) is 9.47 Å². The fraction of sp³-hybridized carbons (Fsp3) is 0.917. The number of aliphatic imine (C=N–C) groups is 1. The zero-order chi connectivity index (χ0) is 22.8. The Bertz CT molecular complexity index is 656. The fourth-order valence-electron chi connectivity index (χ4n) is 5.44. The molecule has 32 heavy (non-hydrogen) atoms. The van der Waals surface area contributed by atoms with Crippen molar-refractivity contribution >= 4 is 36.0 Å². The average molecular weight is 565 g/mol. The van der Waals surface area contributed by atoms with E-state index < -0.39 is 5.60 Å². The average Bonchev–Trinajstić information content (AvgIpc) is 3.15. The topological polar surface area (TPSA) is 66.4 Å². The molecule has 1 aliphatic carbocycles. The van der Waals surface area contributed by atoms with Crippen molar-refractivity contribution in [3.8, 4) is 0 Å². The highest BCUT2D eigenvalue weighted by Gasteiger charge is 2.59. The quantitative estimate of drug-likeness (QED) is 0.306. The molecule has 3 unspecified atom stereocenters. The molecule has 0 bridgehead atoms. The van der Waals surface area contributed by atoms with Gasteiger partial charge in [0.05, 0.1) is 6.10 Å². The first-order valence-corrected chi connectivity index (χ1v) is 12.2. The van der Waals surface area contributed by atoms with Crippen molar-refractivity contribution in [3.05, 3.63) is 0 Å². The lowest BCUT2D eigenvalue weighted by Crippen LogP contribution is -2.68. The Morgan fingerprint density at radius 1 is 1.22 bits per heavy atom. The summed E-state index contributed by atoms with van der Waals surface area (Å²) in [6.45, 7) is 19.6. The molecular formula is C24H45IN4O3. The molecular weight excluding hydrogens is 519 g/mol. The van der Waals surface area contributed by atoms with Gasteiger partial charge >= 0.3 is 6.09 Å². The highest BCUT2D eigenvalue weighted by molar-refractivity contribution is 14.0. The summed E-state index contributed by atoms with van der Waals surface area (Å²) in [5.41, 5.74) is -0.313. The van der Waals surface area contributed by atoms with Crippen molar-refractivity contribution in [1.29, 1.82) is 0 Å². The van der Waals surface area contributed by atoms with Crippen molar-refractivity contribution in [3.63, 3.8) is 0 Å². The largest absolute Gasteiger partial charge is 0.444 e. The Labute approximate surface area is 212 Å². The van der Waals surface area contributed by atoms with Crippen molar-refractivity contribution < 1.29 is 14.3 Å². The van der Waals surface area contributed by atoms with Crippen LogP contribution in [0.2, 0.25) is 0 Å². The van der Waals surface area contributed by atoms with Gasteiger partial charge in [0.1, 0.15) is 5.60 Å². The second-order valence-electron chi connectivity index (χ2n) is 10.9. The first-order valence-electron chi connectivity index (χ1n) is 12.2. The summed E-state index contributed by atoms with van der Waals surface area (Å²) < 4.78 is 11.5. The van der Waals surface area contributed by atoms with E-state index in [-0.39, 0.29) is 35.5 Å². The van der Waals surface area contributed by atoms with E-state index in [9.17, 15) is 4.79 Å². The molecule has 0 spiro atoms. The van der Waals surface area contributed by atoms with Gasteiger partial charge in [-0.15, -0.1) is 24.0 Å². The Morgan fingerprint density at radius 2 is 1.88 bits per heavy atom. The van der Waals surface area contributed by atoms with Gasteiger partial charge in [-0.05, 0) is 59.8 Å². The van der Waals surface area contributed by atoms with Crippen LogP contribution in [0.25, 0.3) is 0 Å². The monoisotopic (exact) mass is 564 g/mol.